The first-order valence-corrected chi connectivity index (χ1v) is 7.63. The molecule has 0 aliphatic carbocycles. The molecule has 2 amide bonds. The van der Waals surface area contributed by atoms with Gasteiger partial charge in [0, 0.05) is 31.3 Å². The van der Waals surface area contributed by atoms with Gasteiger partial charge in [-0.25, -0.2) is 0 Å². The number of aryl methyl sites for hydroxylation is 1. The Morgan fingerprint density at radius 2 is 2.26 bits per heavy atom. The topological polar surface area (TPSA) is 116 Å². The van der Waals surface area contributed by atoms with Crippen molar-refractivity contribution in [3.8, 4) is 10.6 Å². The molecule has 0 atom stereocenters. The number of aromatic nitrogens is 3. The van der Waals surface area contributed by atoms with E-state index in [1.807, 2.05) is 17.5 Å². The van der Waals surface area contributed by atoms with Crippen molar-refractivity contribution in [1.29, 1.82) is 0 Å². The Balaban J connectivity index is 1.64. The number of nitrogens with one attached hydrogen (secondary N) is 1. The Kier molecular flexibility index (Phi) is 4.20. The molecule has 0 bridgehead atoms. The van der Waals surface area contributed by atoms with E-state index in [1.165, 1.54) is 16.0 Å². The van der Waals surface area contributed by atoms with Crippen LogP contribution < -0.4 is 11.1 Å². The molecule has 3 aromatic rings. The van der Waals surface area contributed by atoms with Crippen LogP contribution in [-0.4, -0.2) is 26.8 Å². The van der Waals surface area contributed by atoms with Gasteiger partial charge in [-0.1, -0.05) is 11.2 Å². The Hall–Kier alpha value is -2.94. The molecule has 3 aromatic heterocycles. The molecule has 3 N–H and O–H groups in total. The summed E-state index contributed by atoms with van der Waals surface area (Å²) in [6.07, 6.45) is 1.83. The molecule has 3 rings (SSSR count). The number of rotatable bonds is 6. The van der Waals surface area contributed by atoms with Gasteiger partial charge in [-0.05, 0) is 11.4 Å². The van der Waals surface area contributed by atoms with Crippen molar-refractivity contribution in [2.75, 3.05) is 5.32 Å². The second-order valence-corrected chi connectivity index (χ2v) is 5.64. The lowest BCUT2D eigenvalue weighted by Crippen LogP contribution is -2.15. The predicted molar refractivity (Wildman–Crippen MR) is 83.8 cm³/mol. The minimum atomic E-state index is -0.420. The average molecular weight is 331 g/mol. The van der Waals surface area contributed by atoms with Crippen LogP contribution in [0.4, 0.5) is 5.82 Å². The van der Waals surface area contributed by atoms with Crippen LogP contribution in [0.3, 0.4) is 0 Å². The monoisotopic (exact) mass is 331 g/mol. The number of anilines is 1. The van der Waals surface area contributed by atoms with Gasteiger partial charge in [0.15, 0.2) is 17.3 Å². The van der Waals surface area contributed by atoms with Crippen LogP contribution in [-0.2, 0) is 11.3 Å². The van der Waals surface area contributed by atoms with Crippen LogP contribution in [0.25, 0.3) is 10.6 Å². The molecule has 0 radical (unpaired) electrons. The number of amides is 2. The lowest BCUT2D eigenvalue weighted by atomic mass is 10.3. The average Bonchev–Trinajstić information content (AvgIpc) is 3.25. The van der Waals surface area contributed by atoms with Gasteiger partial charge in [0.1, 0.15) is 0 Å². The first kappa shape index (κ1) is 15.0. The zero-order chi connectivity index (χ0) is 16.2. The molecule has 8 nitrogen and oxygen atoms in total. The summed E-state index contributed by atoms with van der Waals surface area (Å²) in [7, 11) is 0. The van der Waals surface area contributed by atoms with E-state index in [1.54, 1.807) is 18.3 Å². The van der Waals surface area contributed by atoms with E-state index >= 15 is 0 Å². The summed E-state index contributed by atoms with van der Waals surface area (Å²) in [6, 6.07) is 6.97. The highest BCUT2D eigenvalue weighted by Gasteiger charge is 2.15. The zero-order valence-electron chi connectivity index (χ0n) is 11.9. The van der Waals surface area contributed by atoms with Gasteiger partial charge in [-0.2, -0.15) is 5.10 Å². The maximum Gasteiger partial charge on any atom is 0.279 e. The molecular weight excluding hydrogens is 318 g/mol. The second kappa shape index (κ2) is 6.44. The molecule has 23 heavy (non-hydrogen) atoms. The van der Waals surface area contributed by atoms with Crippen LogP contribution in [0.15, 0.2) is 40.4 Å². The molecular formula is C14H13N5O3S. The van der Waals surface area contributed by atoms with Crippen LogP contribution in [0.1, 0.15) is 16.9 Å². The Labute approximate surface area is 134 Å². The fourth-order valence-electron chi connectivity index (χ4n) is 1.88. The fraction of sp³-hybridized carbons (Fsp3) is 0.143. The van der Waals surface area contributed by atoms with Gasteiger partial charge in [0.2, 0.25) is 5.91 Å². The van der Waals surface area contributed by atoms with Crippen LogP contribution in [0, 0.1) is 0 Å². The summed E-state index contributed by atoms with van der Waals surface area (Å²) in [4.78, 5) is 23.7. The van der Waals surface area contributed by atoms with Crippen molar-refractivity contribution in [3.63, 3.8) is 0 Å². The third-order valence-electron chi connectivity index (χ3n) is 2.98. The first-order valence-electron chi connectivity index (χ1n) is 6.75. The maximum atomic E-state index is 12.1. The van der Waals surface area contributed by atoms with Crippen molar-refractivity contribution >= 4 is 29.0 Å². The van der Waals surface area contributed by atoms with E-state index in [0.29, 0.717) is 18.1 Å². The molecule has 0 unspecified atom stereocenters. The van der Waals surface area contributed by atoms with Crippen molar-refractivity contribution in [1.82, 2.24) is 14.9 Å². The number of hydrogen-bond donors (Lipinski definition) is 2. The molecule has 0 saturated carbocycles. The summed E-state index contributed by atoms with van der Waals surface area (Å²) in [5.41, 5.74) is 5.25. The third-order valence-corrected chi connectivity index (χ3v) is 3.86. The quantitative estimate of drug-likeness (QED) is 0.713. The highest BCUT2D eigenvalue weighted by atomic mass is 32.1. The van der Waals surface area contributed by atoms with E-state index in [9.17, 15) is 9.59 Å². The van der Waals surface area contributed by atoms with Gasteiger partial charge in [-0.3, -0.25) is 14.3 Å². The van der Waals surface area contributed by atoms with Crippen molar-refractivity contribution in [3.05, 3.63) is 41.5 Å². The minimum Gasteiger partial charge on any atom is -0.370 e. The number of nitrogens with zero attached hydrogens (tertiary/aromatic N) is 3. The van der Waals surface area contributed by atoms with Crippen molar-refractivity contribution in [2.45, 2.75) is 13.0 Å². The van der Waals surface area contributed by atoms with Gasteiger partial charge in [-0.15, -0.1) is 11.3 Å². The SMILES string of the molecule is NC(=O)CCn1ccc(NC(=O)c2cc(-c3cccs3)on2)n1. The molecule has 0 aliphatic heterocycles. The van der Waals surface area contributed by atoms with Gasteiger partial charge in [0.25, 0.3) is 5.91 Å². The predicted octanol–water partition coefficient (Wildman–Crippen LogP) is 1.73. The Bertz CT molecular complexity index is 821. The van der Waals surface area contributed by atoms with E-state index in [-0.39, 0.29) is 12.1 Å². The number of primary amides is 1. The molecule has 9 heteroatoms. The number of hydrogen-bond acceptors (Lipinski definition) is 6. The van der Waals surface area contributed by atoms with Gasteiger partial charge < -0.3 is 15.6 Å². The largest absolute Gasteiger partial charge is 0.370 e. The maximum absolute atomic E-state index is 12.1. The molecule has 0 aromatic carbocycles. The molecule has 0 spiro atoms. The lowest BCUT2D eigenvalue weighted by molar-refractivity contribution is -0.118. The molecule has 3 heterocycles. The fourth-order valence-corrected chi connectivity index (χ4v) is 2.55. The van der Waals surface area contributed by atoms with Crippen LogP contribution in [0.2, 0.25) is 0 Å². The smallest absolute Gasteiger partial charge is 0.279 e. The number of nitrogens with two attached hydrogens (primary N) is 1. The van der Waals surface area contributed by atoms with E-state index in [0.717, 1.165) is 4.88 Å². The minimum absolute atomic E-state index is 0.167. The number of carbonyl (C=O) groups is 2. The highest BCUT2D eigenvalue weighted by molar-refractivity contribution is 7.13. The van der Waals surface area contributed by atoms with Crippen molar-refractivity contribution in [2.24, 2.45) is 5.73 Å². The molecule has 0 aliphatic rings. The summed E-state index contributed by atoms with van der Waals surface area (Å²) in [6.45, 7) is 0.359. The number of carbonyl (C=O) groups excluding carboxylic acids is 2. The normalized spacial score (nSPS) is 10.6. The third kappa shape index (κ3) is 3.64. The number of thiophene rings is 1. The van der Waals surface area contributed by atoms with E-state index < -0.39 is 11.8 Å². The van der Waals surface area contributed by atoms with Crippen molar-refractivity contribution < 1.29 is 14.1 Å². The van der Waals surface area contributed by atoms with E-state index in [2.05, 4.69) is 15.6 Å². The Morgan fingerprint density at radius 3 is 3.00 bits per heavy atom. The lowest BCUT2D eigenvalue weighted by Gasteiger charge is -1.99. The van der Waals surface area contributed by atoms with E-state index in [4.69, 9.17) is 10.3 Å². The summed E-state index contributed by atoms with van der Waals surface area (Å²) < 4.78 is 6.69. The Morgan fingerprint density at radius 1 is 1.39 bits per heavy atom. The zero-order valence-corrected chi connectivity index (χ0v) is 12.7. The first-order chi connectivity index (χ1) is 11.1. The van der Waals surface area contributed by atoms with Crippen LogP contribution in [0.5, 0.6) is 0 Å². The summed E-state index contributed by atoms with van der Waals surface area (Å²) >= 11 is 1.50. The standard InChI is InChI=1S/C14H13N5O3S/c15-12(20)3-5-19-6-4-13(17-19)16-14(21)9-8-10(22-18-9)11-2-1-7-23-11/h1-2,4,6-8H,3,5H2,(H2,15,20)(H,16,17,21). The molecule has 0 fully saturated rings. The summed E-state index contributed by atoms with van der Waals surface area (Å²) in [5, 5.41) is 12.4. The molecule has 0 saturated heterocycles. The molecule has 118 valence electrons. The van der Waals surface area contributed by atoms with Gasteiger partial charge in [0.05, 0.1) is 4.88 Å². The summed E-state index contributed by atoms with van der Waals surface area (Å²) in [5.74, 6) is 0.0729. The highest BCUT2D eigenvalue weighted by Crippen LogP contribution is 2.25. The second-order valence-electron chi connectivity index (χ2n) is 4.69. The van der Waals surface area contributed by atoms with Gasteiger partial charge >= 0.3 is 0 Å². The van der Waals surface area contributed by atoms with Crippen LogP contribution >= 0.6 is 11.3 Å².